The van der Waals surface area contributed by atoms with E-state index in [1.165, 1.54) is 12.8 Å². The molecule has 1 rings (SSSR count). The van der Waals surface area contributed by atoms with Crippen LogP contribution in [-0.2, 0) is 0 Å². The van der Waals surface area contributed by atoms with Gasteiger partial charge >= 0.3 is 0 Å². The smallest absolute Gasteiger partial charge is 0.0846 e. The third-order valence-electron chi connectivity index (χ3n) is 1.42. The lowest BCUT2D eigenvalue weighted by molar-refractivity contribution is 0.510. The molecular weight excluding hydrogens is 100 g/mol. The maximum atomic E-state index is 3.90. The maximum absolute atomic E-state index is 3.90. The lowest BCUT2D eigenvalue weighted by Gasteiger charge is -2.08. The van der Waals surface area contributed by atoms with Gasteiger partial charge in [0.2, 0.25) is 0 Å². The molecule has 46 valence electrons. The highest BCUT2D eigenvalue weighted by molar-refractivity contribution is 5.55. The fourth-order valence-corrected chi connectivity index (χ4v) is 0.758. The van der Waals surface area contributed by atoms with Gasteiger partial charge in [-0.25, -0.2) is 0 Å². The number of hydrogen-bond acceptors (Lipinski definition) is 1. The molecule has 8 heavy (non-hydrogen) atoms. The van der Waals surface area contributed by atoms with Crippen LogP contribution in [0.1, 0.15) is 12.8 Å². The Morgan fingerprint density at radius 1 is 1.62 bits per heavy atom. The van der Waals surface area contributed by atoms with E-state index in [1.807, 2.05) is 6.34 Å². The Labute approximate surface area is 50.2 Å². The van der Waals surface area contributed by atoms with Gasteiger partial charge in [0.1, 0.15) is 0 Å². The van der Waals surface area contributed by atoms with Crippen LogP contribution < -0.4 is 0 Å². The number of aliphatic imine (C=N–C) groups is 1. The van der Waals surface area contributed by atoms with Crippen LogP contribution in [0.3, 0.4) is 0 Å². The topological polar surface area (TPSA) is 15.6 Å². The van der Waals surface area contributed by atoms with E-state index < -0.39 is 0 Å². The van der Waals surface area contributed by atoms with Crippen molar-refractivity contribution in [3.8, 4) is 0 Å². The van der Waals surface area contributed by atoms with E-state index in [-0.39, 0.29) is 0 Å². The first-order valence-electron chi connectivity index (χ1n) is 2.99. The molecule has 1 aliphatic rings. The van der Waals surface area contributed by atoms with Gasteiger partial charge in [0.05, 0.1) is 6.34 Å². The van der Waals surface area contributed by atoms with Crippen LogP contribution in [0.5, 0.6) is 0 Å². The Bertz CT molecular complexity index is 94.7. The van der Waals surface area contributed by atoms with E-state index >= 15 is 0 Å². The third-order valence-corrected chi connectivity index (χ3v) is 1.42. The lowest BCUT2D eigenvalue weighted by atomic mass is 10.6. The molecule has 2 heteroatoms. The van der Waals surface area contributed by atoms with E-state index in [1.54, 1.807) is 7.05 Å². The zero-order valence-electron chi connectivity index (χ0n) is 5.46. The van der Waals surface area contributed by atoms with Gasteiger partial charge in [-0.15, -0.1) is 0 Å². The summed E-state index contributed by atoms with van der Waals surface area (Å²) in [6.45, 7) is 0. The molecule has 0 aromatic heterocycles. The molecule has 0 aliphatic heterocycles. The molecule has 2 nitrogen and oxygen atoms in total. The summed E-state index contributed by atoms with van der Waals surface area (Å²) in [5, 5.41) is 0. The van der Waals surface area contributed by atoms with E-state index in [2.05, 4.69) is 16.9 Å². The van der Waals surface area contributed by atoms with Gasteiger partial charge in [0.25, 0.3) is 0 Å². The van der Waals surface area contributed by atoms with Crippen LogP contribution in [0.15, 0.2) is 4.99 Å². The number of nitrogens with zero attached hydrogens (tertiary/aromatic N) is 2. The summed E-state index contributed by atoms with van der Waals surface area (Å²) in [5.74, 6) is 0. The van der Waals surface area contributed by atoms with Gasteiger partial charge in [0, 0.05) is 20.1 Å². The molecule has 0 saturated heterocycles. The molecule has 0 radical (unpaired) electrons. The largest absolute Gasteiger partial charge is 0.363 e. The van der Waals surface area contributed by atoms with Crippen molar-refractivity contribution in [1.82, 2.24) is 4.90 Å². The molecule has 0 spiro atoms. The fourth-order valence-electron chi connectivity index (χ4n) is 0.758. The predicted molar refractivity (Wildman–Crippen MR) is 35.2 cm³/mol. The molecule has 0 amide bonds. The van der Waals surface area contributed by atoms with Crippen molar-refractivity contribution < 1.29 is 0 Å². The van der Waals surface area contributed by atoms with Crippen LogP contribution in [0, 0.1) is 0 Å². The van der Waals surface area contributed by atoms with E-state index in [9.17, 15) is 0 Å². The number of hydrogen-bond donors (Lipinski definition) is 0. The summed E-state index contributed by atoms with van der Waals surface area (Å²) in [4.78, 5) is 6.06. The monoisotopic (exact) mass is 112 g/mol. The van der Waals surface area contributed by atoms with Crippen molar-refractivity contribution in [2.45, 2.75) is 18.9 Å². The Morgan fingerprint density at radius 3 is 2.62 bits per heavy atom. The minimum atomic E-state index is 0.804. The van der Waals surface area contributed by atoms with Crippen molar-refractivity contribution >= 4 is 6.34 Å². The molecule has 1 fully saturated rings. The molecule has 0 aromatic carbocycles. The molecule has 1 aliphatic carbocycles. The quantitative estimate of drug-likeness (QED) is 0.380. The molecule has 0 heterocycles. The second kappa shape index (κ2) is 2.16. The zero-order valence-corrected chi connectivity index (χ0v) is 5.46. The Balaban J connectivity index is 2.22. The first-order valence-corrected chi connectivity index (χ1v) is 2.99. The second-order valence-electron chi connectivity index (χ2n) is 2.27. The zero-order chi connectivity index (χ0) is 5.98. The highest BCUT2D eigenvalue weighted by Crippen LogP contribution is 2.23. The normalized spacial score (nSPS) is 19.8. The van der Waals surface area contributed by atoms with Crippen molar-refractivity contribution in [3.05, 3.63) is 0 Å². The van der Waals surface area contributed by atoms with Crippen molar-refractivity contribution in [3.63, 3.8) is 0 Å². The third kappa shape index (κ3) is 1.22. The van der Waals surface area contributed by atoms with Crippen LogP contribution >= 0.6 is 0 Å². The molecular formula is C6H12N2. The lowest BCUT2D eigenvalue weighted by Crippen LogP contribution is -2.17. The van der Waals surface area contributed by atoms with Crippen molar-refractivity contribution in [2.75, 3.05) is 14.1 Å². The Kier molecular flexibility index (Phi) is 1.51. The highest BCUT2D eigenvalue weighted by atomic mass is 15.2. The molecule has 0 aromatic rings. The molecule has 0 N–H and O–H groups in total. The average molecular weight is 112 g/mol. The van der Waals surface area contributed by atoms with Gasteiger partial charge in [0.15, 0.2) is 0 Å². The van der Waals surface area contributed by atoms with Gasteiger partial charge in [-0.3, -0.25) is 4.99 Å². The first kappa shape index (κ1) is 5.60. The predicted octanol–water partition coefficient (Wildman–Crippen LogP) is 0.739. The van der Waals surface area contributed by atoms with Gasteiger partial charge in [-0.1, -0.05) is 0 Å². The second-order valence-corrected chi connectivity index (χ2v) is 2.27. The fraction of sp³-hybridized carbons (Fsp3) is 0.833. The van der Waals surface area contributed by atoms with Gasteiger partial charge < -0.3 is 4.90 Å². The van der Waals surface area contributed by atoms with E-state index in [0.717, 1.165) is 6.04 Å². The van der Waals surface area contributed by atoms with E-state index in [0.29, 0.717) is 0 Å². The first-order chi connectivity index (χ1) is 3.84. The van der Waals surface area contributed by atoms with Crippen LogP contribution in [-0.4, -0.2) is 31.4 Å². The SMILES string of the molecule is C/N=C/N(C)C1CC1. The summed E-state index contributed by atoms with van der Waals surface area (Å²) < 4.78 is 0. The molecule has 0 atom stereocenters. The van der Waals surface area contributed by atoms with Crippen LogP contribution in [0.25, 0.3) is 0 Å². The van der Waals surface area contributed by atoms with E-state index in [4.69, 9.17) is 0 Å². The summed E-state index contributed by atoms with van der Waals surface area (Å²) in [6.07, 6.45) is 4.59. The molecule has 0 unspecified atom stereocenters. The molecule has 0 bridgehead atoms. The molecule has 1 saturated carbocycles. The standard InChI is InChI=1S/C6H12N2/c1-7-5-8(2)6-3-4-6/h5-6H,3-4H2,1-2H3/b7-5+. The Hall–Kier alpha value is -0.530. The minimum Gasteiger partial charge on any atom is -0.363 e. The Morgan fingerprint density at radius 2 is 2.25 bits per heavy atom. The van der Waals surface area contributed by atoms with Crippen LogP contribution in [0.2, 0.25) is 0 Å². The number of rotatable bonds is 2. The maximum Gasteiger partial charge on any atom is 0.0846 e. The summed E-state index contributed by atoms with van der Waals surface area (Å²) in [5.41, 5.74) is 0. The average Bonchev–Trinajstić information content (AvgIpc) is 2.45. The van der Waals surface area contributed by atoms with Crippen molar-refractivity contribution in [1.29, 1.82) is 0 Å². The summed E-state index contributed by atoms with van der Waals surface area (Å²) >= 11 is 0. The summed E-state index contributed by atoms with van der Waals surface area (Å²) in [6, 6.07) is 0.804. The van der Waals surface area contributed by atoms with Gasteiger partial charge in [-0.2, -0.15) is 0 Å². The van der Waals surface area contributed by atoms with Gasteiger partial charge in [-0.05, 0) is 12.8 Å². The minimum absolute atomic E-state index is 0.804. The summed E-state index contributed by atoms with van der Waals surface area (Å²) in [7, 11) is 3.88. The van der Waals surface area contributed by atoms with Crippen LogP contribution in [0.4, 0.5) is 0 Å². The van der Waals surface area contributed by atoms with Crippen molar-refractivity contribution in [2.24, 2.45) is 4.99 Å². The highest BCUT2D eigenvalue weighted by Gasteiger charge is 2.23.